The lowest BCUT2D eigenvalue weighted by molar-refractivity contribution is 0.0700. The Morgan fingerprint density at radius 1 is 1.33 bits per heavy atom. The first-order chi connectivity index (χ1) is 8.74. The molecule has 3 nitrogen and oxygen atoms in total. The third-order valence-corrected chi connectivity index (χ3v) is 4.11. The molecule has 1 fully saturated rings. The SMILES string of the molecule is O=C(O)c1sc(Cc2ccccc2)nc1C1CC1. The van der Waals surface area contributed by atoms with Gasteiger partial charge in [-0.3, -0.25) is 0 Å². The van der Waals surface area contributed by atoms with Gasteiger partial charge in [0.2, 0.25) is 0 Å². The first-order valence-corrected chi connectivity index (χ1v) is 6.82. The molecule has 0 spiro atoms. The lowest BCUT2D eigenvalue weighted by Crippen LogP contribution is -1.97. The Hall–Kier alpha value is -1.68. The van der Waals surface area contributed by atoms with Crippen LogP contribution >= 0.6 is 11.3 Å². The van der Waals surface area contributed by atoms with Crippen molar-refractivity contribution >= 4 is 17.3 Å². The Morgan fingerprint density at radius 3 is 2.67 bits per heavy atom. The minimum absolute atomic E-state index is 0.386. The summed E-state index contributed by atoms with van der Waals surface area (Å²) < 4.78 is 0. The minimum Gasteiger partial charge on any atom is -0.477 e. The molecular weight excluding hydrogens is 246 g/mol. The van der Waals surface area contributed by atoms with Crippen LogP contribution in [-0.2, 0) is 6.42 Å². The van der Waals surface area contributed by atoms with Crippen molar-refractivity contribution in [3.63, 3.8) is 0 Å². The van der Waals surface area contributed by atoms with E-state index >= 15 is 0 Å². The molecule has 1 heterocycles. The first kappa shape index (κ1) is 11.4. The van der Waals surface area contributed by atoms with E-state index < -0.39 is 5.97 Å². The van der Waals surface area contributed by atoms with E-state index in [1.807, 2.05) is 30.3 Å². The van der Waals surface area contributed by atoms with Crippen molar-refractivity contribution in [1.82, 2.24) is 4.98 Å². The van der Waals surface area contributed by atoms with E-state index in [2.05, 4.69) is 4.98 Å². The van der Waals surface area contributed by atoms with Crippen LogP contribution in [0, 0.1) is 0 Å². The van der Waals surface area contributed by atoms with Crippen LogP contribution in [0.5, 0.6) is 0 Å². The smallest absolute Gasteiger partial charge is 0.347 e. The summed E-state index contributed by atoms with van der Waals surface area (Å²) in [5.74, 6) is -0.453. The molecule has 0 aliphatic heterocycles. The third-order valence-electron chi connectivity index (χ3n) is 3.05. The van der Waals surface area contributed by atoms with Crippen molar-refractivity contribution < 1.29 is 9.90 Å². The van der Waals surface area contributed by atoms with Crippen molar-refractivity contribution in [2.45, 2.75) is 25.2 Å². The molecule has 92 valence electrons. The van der Waals surface area contributed by atoms with Crippen LogP contribution in [-0.4, -0.2) is 16.1 Å². The maximum atomic E-state index is 11.2. The van der Waals surface area contributed by atoms with Crippen LogP contribution in [0.15, 0.2) is 30.3 Å². The number of carboxylic acids is 1. The topological polar surface area (TPSA) is 50.2 Å². The fourth-order valence-electron chi connectivity index (χ4n) is 2.01. The molecule has 0 amide bonds. The van der Waals surface area contributed by atoms with Gasteiger partial charge in [-0.05, 0) is 18.4 Å². The zero-order valence-corrected chi connectivity index (χ0v) is 10.6. The van der Waals surface area contributed by atoms with Gasteiger partial charge in [-0.15, -0.1) is 11.3 Å². The molecular formula is C14H13NO2S. The van der Waals surface area contributed by atoms with Crippen molar-refractivity contribution in [3.8, 4) is 0 Å². The maximum absolute atomic E-state index is 11.2. The van der Waals surface area contributed by atoms with Crippen molar-refractivity contribution in [2.24, 2.45) is 0 Å². The van der Waals surface area contributed by atoms with Gasteiger partial charge >= 0.3 is 5.97 Å². The summed E-state index contributed by atoms with van der Waals surface area (Å²) in [6.07, 6.45) is 2.88. The highest BCUT2D eigenvalue weighted by Crippen LogP contribution is 2.42. The number of benzene rings is 1. The van der Waals surface area contributed by atoms with Crippen molar-refractivity contribution in [1.29, 1.82) is 0 Å². The second-order valence-electron chi connectivity index (χ2n) is 4.56. The number of hydrogen-bond acceptors (Lipinski definition) is 3. The second-order valence-corrected chi connectivity index (χ2v) is 5.65. The summed E-state index contributed by atoms with van der Waals surface area (Å²) >= 11 is 1.32. The van der Waals surface area contributed by atoms with Crippen LogP contribution in [0.4, 0.5) is 0 Å². The minimum atomic E-state index is -0.839. The number of nitrogens with zero attached hydrogens (tertiary/aromatic N) is 1. The van der Waals surface area contributed by atoms with Gasteiger partial charge < -0.3 is 5.11 Å². The summed E-state index contributed by atoms with van der Waals surface area (Å²) in [5, 5.41) is 10.1. The molecule has 1 aliphatic rings. The Kier molecular flexibility index (Phi) is 2.88. The number of hydrogen-bond donors (Lipinski definition) is 1. The van der Waals surface area contributed by atoms with E-state index in [1.54, 1.807) is 0 Å². The van der Waals surface area contributed by atoms with E-state index in [1.165, 1.54) is 16.9 Å². The molecule has 1 aromatic carbocycles. The molecule has 0 saturated heterocycles. The van der Waals surface area contributed by atoms with Gasteiger partial charge in [-0.1, -0.05) is 30.3 Å². The van der Waals surface area contributed by atoms with Crippen molar-refractivity contribution in [3.05, 3.63) is 51.5 Å². The van der Waals surface area contributed by atoms with E-state index in [-0.39, 0.29) is 0 Å². The van der Waals surface area contributed by atoms with E-state index in [0.29, 0.717) is 10.8 Å². The number of aromatic nitrogens is 1. The summed E-state index contributed by atoms with van der Waals surface area (Å²) in [7, 11) is 0. The van der Waals surface area contributed by atoms with Crippen LogP contribution in [0.2, 0.25) is 0 Å². The highest BCUT2D eigenvalue weighted by atomic mass is 32.1. The van der Waals surface area contributed by atoms with Crippen LogP contribution in [0.25, 0.3) is 0 Å². The van der Waals surface area contributed by atoms with Gasteiger partial charge in [0.15, 0.2) is 0 Å². The molecule has 1 saturated carbocycles. The number of aromatic carboxylic acids is 1. The summed E-state index contributed by atoms with van der Waals surface area (Å²) in [4.78, 5) is 16.2. The molecule has 0 unspecified atom stereocenters. The van der Waals surface area contributed by atoms with E-state index in [9.17, 15) is 9.90 Å². The van der Waals surface area contributed by atoms with Crippen LogP contribution in [0.1, 0.15) is 44.7 Å². The van der Waals surface area contributed by atoms with E-state index in [4.69, 9.17) is 0 Å². The summed E-state index contributed by atoms with van der Waals surface area (Å²) in [6.45, 7) is 0. The van der Waals surface area contributed by atoms with Gasteiger partial charge in [0.05, 0.1) is 10.7 Å². The zero-order valence-electron chi connectivity index (χ0n) is 9.80. The van der Waals surface area contributed by atoms with Gasteiger partial charge in [-0.25, -0.2) is 9.78 Å². The monoisotopic (exact) mass is 259 g/mol. The van der Waals surface area contributed by atoms with Gasteiger partial charge in [0.25, 0.3) is 0 Å². The Bertz CT molecular complexity index is 573. The average Bonchev–Trinajstić information content (AvgIpc) is 3.12. The number of carbonyl (C=O) groups is 1. The van der Waals surface area contributed by atoms with Crippen molar-refractivity contribution in [2.75, 3.05) is 0 Å². The molecule has 4 heteroatoms. The maximum Gasteiger partial charge on any atom is 0.347 e. The van der Waals surface area contributed by atoms with E-state index in [0.717, 1.165) is 30.0 Å². The quantitative estimate of drug-likeness (QED) is 0.916. The Labute approximate surface area is 109 Å². The largest absolute Gasteiger partial charge is 0.477 e. The summed E-state index contributed by atoms with van der Waals surface area (Å²) in [6, 6.07) is 10.0. The Balaban J connectivity index is 1.89. The highest BCUT2D eigenvalue weighted by molar-refractivity contribution is 7.13. The molecule has 1 N–H and O–H groups in total. The summed E-state index contributed by atoms with van der Waals surface area (Å²) in [5.41, 5.74) is 1.98. The van der Waals surface area contributed by atoms with Crippen LogP contribution < -0.4 is 0 Å². The molecule has 0 atom stereocenters. The molecule has 2 aromatic rings. The predicted molar refractivity (Wildman–Crippen MR) is 70.3 cm³/mol. The number of rotatable bonds is 4. The lowest BCUT2D eigenvalue weighted by Gasteiger charge is -1.95. The van der Waals surface area contributed by atoms with Gasteiger partial charge in [-0.2, -0.15) is 0 Å². The molecule has 18 heavy (non-hydrogen) atoms. The third kappa shape index (κ3) is 2.29. The molecule has 0 bridgehead atoms. The molecule has 1 aliphatic carbocycles. The second kappa shape index (κ2) is 4.53. The fourth-order valence-corrected chi connectivity index (χ4v) is 3.03. The average molecular weight is 259 g/mol. The van der Waals surface area contributed by atoms with Gasteiger partial charge in [0, 0.05) is 12.3 Å². The molecule has 3 rings (SSSR count). The standard InChI is InChI=1S/C14H13NO2S/c16-14(17)13-12(10-6-7-10)15-11(18-13)8-9-4-2-1-3-5-9/h1-5,10H,6-8H2,(H,16,17). The van der Waals surface area contributed by atoms with Gasteiger partial charge in [0.1, 0.15) is 4.88 Å². The lowest BCUT2D eigenvalue weighted by atomic mass is 10.2. The number of carboxylic acid groups (broad SMARTS) is 1. The molecule has 1 aromatic heterocycles. The normalized spacial score (nSPS) is 14.7. The zero-order chi connectivity index (χ0) is 12.5. The molecule has 0 radical (unpaired) electrons. The Morgan fingerprint density at radius 2 is 2.06 bits per heavy atom. The fraction of sp³-hybridized carbons (Fsp3) is 0.286. The number of thiazole rings is 1. The predicted octanol–water partition coefficient (Wildman–Crippen LogP) is 3.31. The van der Waals surface area contributed by atoms with Crippen LogP contribution in [0.3, 0.4) is 0 Å². The highest BCUT2D eigenvalue weighted by Gasteiger charge is 2.31. The first-order valence-electron chi connectivity index (χ1n) is 6.01.